The van der Waals surface area contributed by atoms with Gasteiger partial charge in [-0.3, -0.25) is 9.59 Å². The molecule has 0 aliphatic carbocycles. The molecule has 104 valence electrons. The molecule has 0 bridgehead atoms. The molecule has 1 heterocycles. The molecule has 1 aromatic rings. The van der Waals surface area contributed by atoms with E-state index in [1.165, 1.54) is 11.3 Å². The van der Waals surface area contributed by atoms with Crippen LogP contribution in [0, 0.1) is 0 Å². The number of rotatable bonds is 7. The van der Waals surface area contributed by atoms with Crippen LogP contribution in [0.3, 0.4) is 0 Å². The first-order valence-electron chi connectivity index (χ1n) is 5.84. The van der Waals surface area contributed by atoms with Crippen molar-refractivity contribution in [3.8, 4) is 0 Å². The zero-order valence-electron chi connectivity index (χ0n) is 10.5. The summed E-state index contributed by atoms with van der Waals surface area (Å²) in [4.78, 5) is 35.0. The highest BCUT2D eigenvalue weighted by molar-refractivity contribution is 7.14. The Morgan fingerprint density at radius 3 is 2.58 bits per heavy atom. The van der Waals surface area contributed by atoms with E-state index in [-0.39, 0.29) is 12.8 Å². The van der Waals surface area contributed by atoms with Gasteiger partial charge in [0.25, 0.3) is 5.91 Å². The lowest BCUT2D eigenvalue weighted by Gasteiger charge is -2.12. The van der Waals surface area contributed by atoms with Crippen molar-refractivity contribution in [1.82, 2.24) is 5.32 Å². The van der Waals surface area contributed by atoms with E-state index in [4.69, 9.17) is 10.8 Å². The maximum Gasteiger partial charge on any atom is 0.326 e. The Hall–Kier alpha value is -1.89. The molecule has 19 heavy (non-hydrogen) atoms. The van der Waals surface area contributed by atoms with E-state index < -0.39 is 23.8 Å². The van der Waals surface area contributed by atoms with Crippen molar-refractivity contribution in [1.29, 1.82) is 0 Å². The molecule has 0 radical (unpaired) electrons. The number of primary amides is 1. The van der Waals surface area contributed by atoms with Crippen molar-refractivity contribution in [2.45, 2.75) is 32.2 Å². The number of aliphatic carboxylic acids is 1. The largest absolute Gasteiger partial charge is 0.480 e. The topological polar surface area (TPSA) is 109 Å². The zero-order valence-corrected chi connectivity index (χ0v) is 11.3. The van der Waals surface area contributed by atoms with Crippen LogP contribution in [0.25, 0.3) is 0 Å². The molecule has 1 aromatic heterocycles. The van der Waals surface area contributed by atoms with Gasteiger partial charge in [0.05, 0.1) is 4.88 Å². The van der Waals surface area contributed by atoms with E-state index in [0.29, 0.717) is 4.88 Å². The molecule has 1 atom stereocenters. The van der Waals surface area contributed by atoms with Gasteiger partial charge in [0.2, 0.25) is 5.91 Å². The third-order valence-corrected chi connectivity index (χ3v) is 3.75. The minimum absolute atomic E-state index is 0.0115. The lowest BCUT2D eigenvalue weighted by Crippen LogP contribution is -2.41. The fourth-order valence-corrected chi connectivity index (χ4v) is 2.31. The molecule has 6 nitrogen and oxygen atoms in total. The second-order valence-electron chi connectivity index (χ2n) is 3.99. The van der Waals surface area contributed by atoms with Crippen LogP contribution in [-0.4, -0.2) is 28.9 Å². The number of carbonyl (C=O) groups is 3. The van der Waals surface area contributed by atoms with E-state index >= 15 is 0 Å². The molecule has 0 fully saturated rings. The van der Waals surface area contributed by atoms with Gasteiger partial charge < -0.3 is 16.2 Å². The zero-order chi connectivity index (χ0) is 14.4. The lowest BCUT2D eigenvalue weighted by molar-refractivity contribution is -0.139. The predicted octanol–water partition coefficient (Wildman–Crippen LogP) is 0.759. The van der Waals surface area contributed by atoms with Gasteiger partial charge in [0, 0.05) is 11.3 Å². The van der Waals surface area contributed by atoms with Crippen molar-refractivity contribution in [3.05, 3.63) is 21.9 Å². The molecule has 2 amide bonds. The summed E-state index contributed by atoms with van der Waals surface area (Å²) in [5, 5.41) is 11.4. The first kappa shape index (κ1) is 15.2. The summed E-state index contributed by atoms with van der Waals surface area (Å²) in [7, 11) is 0. The Morgan fingerprint density at radius 2 is 2.11 bits per heavy atom. The fraction of sp³-hybridized carbons (Fsp3) is 0.417. The molecule has 0 saturated heterocycles. The summed E-state index contributed by atoms with van der Waals surface area (Å²) in [5.74, 6) is -2.21. The third-order valence-electron chi connectivity index (χ3n) is 2.52. The van der Waals surface area contributed by atoms with Crippen LogP contribution in [0.2, 0.25) is 0 Å². The maximum absolute atomic E-state index is 11.9. The number of carboxylic acid groups (broad SMARTS) is 1. The molecule has 0 aliphatic heterocycles. The Morgan fingerprint density at radius 1 is 1.42 bits per heavy atom. The molecule has 7 heteroatoms. The van der Waals surface area contributed by atoms with E-state index in [1.54, 1.807) is 6.07 Å². The van der Waals surface area contributed by atoms with Crippen LogP contribution in [0.5, 0.6) is 0 Å². The number of amides is 2. The smallest absolute Gasteiger partial charge is 0.326 e. The van der Waals surface area contributed by atoms with Crippen LogP contribution < -0.4 is 11.1 Å². The minimum Gasteiger partial charge on any atom is -0.480 e. The van der Waals surface area contributed by atoms with Gasteiger partial charge in [-0.05, 0) is 25.0 Å². The molecule has 4 N–H and O–H groups in total. The summed E-state index contributed by atoms with van der Waals surface area (Å²) in [5.41, 5.74) is 4.96. The van der Waals surface area contributed by atoms with Crippen LogP contribution >= 0.6 is 11.3 Å². The third kappa shape index (κ3) is 4.70. The highest BCUT2D eigenvalue weighted by Crippen LogP contribution is 2.17. The number of aryl methyl sites for hydroxylation is 1. The predicted molar refractivity (Wildman–Crippen MR) is 71.0 cm³/mol. The number of hydrogen-bond donors (Lipinski definition) is 3. The number of nitrogens with one attached hydrogen (secondary N) is 1. The average Bonchev–Trinajstić information content (AvgIpc) is 2.82. The number of hydrogen-bond acceptors (Lipinski definition) is 4. The summed E-state index contributed by atoms with van der Waals surface area (Å²) < 4.78 is 0. The van der Waals surface area contributed by atoms with Crippen LogP contribution in [0.4, 0.5) is 0 Å². The molecule has 0 aliphatic rings. The Kier molecular flexibility index (Phi) is 5.50. The quantitative estimate of drug-likeness (QED) is 0.686. The molecule has 0 aromatic carbocycles. The van der Waals surface area contributed by atoms with Gasteiger partial charge in [0.1, 0.15) is 6.04 Å². The number of carboxylic acids is 1. The SMILES string of the molecule is CCc1ccc(C(=O)NC(CCC(N)=O)C(=O)O)s1. The molecule has 1 rings (SSSR count). The summed E-state index contributed by atoms with van der Waals surface area (Å²) in [6.45, 7) is 1.97. The standard InChI is InChI=1S/C12H16N2O4S/c1-2-7-3-5-9(19-7)11(16)14-8(12(17)18)4-6-10(13)15/h3,5,8H,2,4,6H2,1H3,(H2,13,15)(H,14,16)(H,17,18). The van der Waals surface area contributed by atoms with Crippen molar-refractivity contribution >= 4 is 29.1 Å². The van der Waals surface area contributed by atoms with Crippen molar-refractivity contribution in [3.63, 3.8) is 0 Å². The fourth-order valence-electron chi connectivity index (χ4n) is 1.46. The Bertz CT molecular complexity index is 484. The summed E-state index contributed by atoms with van der Waals surface area (Å²) in [6, 6.07) is 2.39. The first-order chi connectivity index (χ1) is 8.93. The molecule has 0 spiro atoms. The average molecular weight is 284 g/mol. The number of carbonyl (C=O) groups excluding carboxylic acids is 2. The van der Waals surface area contributed by atoms with Crippen LogP contribution in [-0.2, 0) is 16.0 Å². The maximum atomic E-state index is 11.9. The minimum atomic E-state index is -1.18. The van der Waals surface area contributed by atoms with Crippen molar-refractivity contribution in [2.75, 3.05) is 0 Å². The second-order valence-corrected chi connectivity index (χ2v) is 5.16. The normalized spacial score (nSPS) is 11.8. The Balaban J connectivity index is 2.65. The van der Waals surface area contributed by atoms with E-state index in [9.17, 15) is 14.4 Å². The van der Waals surface area contributed by atoms with Gasteiger partial charge in [-0.25, -0.2) is 4.79 Å². The van der Waals surface area contributed by atoms with E-state index in [2.05, 4.69) is 5.32 Å². The van der Waals surface area contributed by atoms with Crippen molar-refractivity contribution in [2.24, 2.45) is 5.73 Å². The summed E-state index contributed by atoms with van der Waals surface area (Å²) in [6.07, 6.45) is 0.728. The van der Waals surface area contributed by atoms with Crippen molar-refractivity contribution < 1.29 is 19.5 Å². The van der Waals surface area contributed by atoms with E-state index in [0.717, 1.165) is 11.3 Å². The molecular formula is C12H16N2O4S. The van der Waals surface area contributed by atoms with Gasteiger partial charge in [-0.15, -0.1) is 11.3 Å². The Labute approximate surface area is 114 Å². The van der Waals surface area contributed by atoms with E-state index in [1.807, 2.05) is 13.0 Å². The summed E-state index contributed by atoms with van der Waals surface area (Å²) >= 11 is 1.32. The highest BCUT2D eigenvalue weighted by atomic mass is 32.1. The first-order valence-corrected chi connectivity index (χ1v) is 6.66. The van der Waals surface area contributed by atoms with Crippen LogP contribution in [0.15, 0.2) is 12.1 Å². The van der Waals surface area contributed by atoms with Gasteiger partial charge in [-0.2, -0.15) is 0 Å². The molecule has 0 saturated carbocycles. The lowest BCUT2D eigenvalue weighted by atomic mass is 10.1. The van der Waals surface area contributed by atoms with Crippen LogP contribution in [0.1, 0.15) is 34.3 Å². The monoisotopic (exact) mass is 284 g/mol. The molecule has 1 unspecified atom stereocenters. The second kappa shape index (κ2) is 6.89. The van der Waals surface area contributed by atoms with Gasteiger partial charge in [-0.1, -0.05) is 6.92 Å². The van der Waals surface area contributed by atoms with Gasteiger partial charge in [0.15, 0.2) is 0 Å². The molecular weight excluding hydrogens is 268 g/mol. The highest BCUT2D eigenvalue weighted by Gasteiger charge is 2.21. The number of thiophene rings is 1. The number of nitrogens with two attached hydrogens (primary N) is 1. The van der Waals surface area contributed by atoms with Gasteiger partial charge >= 0.3 is 5.97 Å².